The van der Waals surface area contributed by atoms with Crippen LogP contribution < -0.4 is 0 Å². The van der Waals surface area contributed by atoms with Crippen molar-refractivity contribution in [3.8, 4) is 0 Å². The molecule has 0 unspecified atom stereocenters. The standard InChI is InChI=1S/C3H8Br2Si/c4-3(5)1-2-6/h3H,1-2H2,6H3. The molecule has 6 heavy (non-hydrogen) atoms. The number of hydrogen-bond donors (Lipinski definition) is 0. The first-order chi connectivity index (χ1) is 2.77. The van der Waals surface area contributed by atoms with Crippen LogP contribution >= 0.6 is 31.9 Å². The summed E-state index contributed by atoms with van der Waals surface area (Å²) in [4.78, 5) is 0. The van der Waals surface area contributed by atoms with E-state index in [1.165, 1.54) is 22.7 Å². The SMILES string of the molecule is [SiH3]CCC(Br)Br. The van der Waals surface area contributed by atoms with Crippen LogP contribution in [0.25, 0.3) is 0 Å². The molecule has 0 atom stereocenters. The molecule has 0 N–H and O–H groups in total. The molecule has 0 amide bonds. The third-order valence-electron chi connectivity index (χ3n) is 0.507. The van der Waals surface area contributed by atoms with Gasteiger partial charge >= 0.3 is 0 Å². The highest BCUT2D eigenvalue weighted by Gasteiger charge is 1.90. The lowest BCUT2D eigenvalue weighted by molar-refractivity contribution is 1.08. The largest absolute Gasteiger partial charge is 0.0765 e. The third-order valence-corrected chi connectivity index (χ3v) is 2.00. The molecule has 0 spiro atoms. The minimum Gasteiger partial charge on any atom is -0.0765 e. The predicted molar refractivity (Wildman–Crippen MR) is 41.0 cm³/mol. The molecule has 0 radical (unpaired) electrons. The molecule has 0 rings (SSSR count). The molecule has 0 saturated heterocycles. The molecule has 0 aliphatic carbocycles. The molecule has 0 nitrogen and oxygen atoms in total. The van der Waals surface area contributed by atoms with Crippen LogP contribution in [0.1, 0.15) is 6.42 Å². The quantitative estimate of drug-likeness (QED) is 0.496. The first kappa shape index (κ1) is 7.18. The highest BCUT2D eigenvalue weighted by molar-refractivity contribution is 9.24. The molecule has 0 fully saturated rings. The Morgan fingerprint density at radius 2 is 2.00 bits per heavy atom. The molecule has 0 heterocycles. The molecular weight excluding hydrogens is 224 g/mol. The van der Waals surface area contributed by atoms with Gasteiger partial charge in [0, 0.05) is 10.2 Å². The van der Waals surface area contributed by atoms with Crippen LogP contribution in [0, 0.1) is 0 Å². The van der Waals surface area contributed by atoms with Crippen LogP contribution in [-0.4, -0.2) is 14.0 Å². The van der Waals surface area contributed by atoms with E-state index < -0.39 is 0 Å². The van der Waals surface area contributed by atoms with Crippen LogP contribution in [0.5, 0.6) is 0 Å². The van der Waals surface area contributed by atoms with E-state index in [4.69, 9.17) is 0 Å². The van der Waals surface area contributed by atoms with Gasteiger partial charge in [-0.1, -0.05) is 37.9 Å². The maximum absolute atomic E-state index is 3.37. The van der Waals surface area contributed by atoms with Crippen molar-refractivity contribution in [3.63, 3.8) is 0 Å². The van der Waals surface area contributed by atoms with Gasteiger partial charge in [-0.25, -0.2) is 0 Å². The molecule has 0 saturated carbocycles. The molecule has 0 aromatic carbocycles. The first-order valence-corrected chi connectivity index (χ1v) is 5.30. The summed E-state index contributed by atoms with van der Waals surface area (Å²) >= 11 is 6.75. The van der Waals surface area contributed by atoms with Gasteiger partial charge in [0.15, 0.2) is 0 Å². The summed E-state index contributed by atoms with van der Waals surface area (Å²) in [5, 5.41) is 0. The van der Waals surface area contributed by atoms with E-state index in [2.05, 4.69) is 31.9 Å². The van der Waals surface area contributed by atoms with Crippen LogP contribution in [0.2, 0.25) is 6.04 Å². The van der Waals surface area contributed by atoms with Crippen molar-refractivity contribution in [2.45, 2.75) is 16.2 Å². The van der Waals surface area contributed by atoms with Gasteiger partial charge in [-0.05, 0) is 6.42 Å². The van der Waals surface area contributed by atoms with Crippen molar-refractivity contribution in [1.29, 1.82) is 0 Å². The lowest BCUT2D eigenvalue weighted by Gasteiger charge is -1.91. The zero-order chi connectivity index (χ0) is 4.99. The molecular formula is C3H8Br2Si. The number of rotatable bonds is 2. The van der Waals surface area contributed by atoms with Crippen molar-refractivity contribution in [3.05, 3.63) is 0 Å². The van der Waals surface area contributed by atoms with Gasteiger partial charge in [-0.15, -0.1) is 0 Å². The van der Waals surface area contributed by atoms with Gasteiger partial charge < -0.3 is 0 Å². The van der Waals surface area contributed by atoms with Gasteiger partial charge in [0.05, 0.1) is 3.74 Å². The molecule has 38 valence electrons. The van der Waals surface area contributed by atoms with Crippen molar-refractivity contribution in [2.75, 3.05) is 0 Å². The summed E-state index contributed by atoms with van der Waals surface area (Å²) in [5.41, 5.74) is 0. The van der Waals surface area contributed by atoms with E-state index in [-0.39, 0.29) is 0 Å². The fourth-order valence-electron chi connectivity index (χ4n) is 0.218. The fourth-order valence-corrected chi connectivity index (χ4v) is 3.40. The Hall–Kier alpha value is 1.18. The Morgan fingerprint density at radius 1 is 1.50 bits per heavy atom. The van der Waals surface area contributed by atoms with Crippen molar-refractivity contribution in [1.82, 2.24) is 0 Å². The topological polar surface area (TPSA) is 0 Å². The summed E-state index contributed by atoms with van der Waals surface area (Å²) in [6.07, 6.45) is 1.27. The zero-order valence-corrected chi connectivity index (χ0v) is 8.92. The Morgan fingerprint density at radius 3 is 2.00 bits per heavy atom. The minimum absolute atomic E-state index is 0.558. The normalized spacial score (nSPS) is 10.5. The summed E-state index contributed by atoms with van der Waals surface area (Å²) in [6, 6.07) is 1.38. The lowest BCUT2D eigenvalue weighted by atomic mass is 10.6. The number of hydrogen-bond acceptors (Lipinski definition) is 0. The zero-order valence-electron chi connectivity index (χ0n) is 3.75. The summed E-state index contributed by atoms with van der Waals surface area (Å²) in [6.45, 7) is 0. The fraction of sp³-hybridized carbons (Fsp3) is 1.00. The second kappa shape index (κ2) is 4.34. The Labute approximate surface area is 58.4 Å². The molecule has 0 aromatic heterocycles. The molecule has 0 bridgehead atoms. The average molecular weight is 232 g/mol. The molecule has 3 heteroatoms. The Balaban J connectivity index is 2.63. The Kier molecular flexibility index (Phi) is 5.19. The second-order valence-corrected chi connectivity index (χ2v) is 5.62. The maximum Gasteiger partial charge on any atom is 0.0695 e. The van der Waals surface area contributed by atoms with Gasteiger partial charge in [0.2, 0.25) is 0 Å². The van der Waals surface area contributed by atoms with E-state index in [1.807, 2.05) is 0 Å². The van der Waals surface area contributed by atoms with Gasteiger partial charge in [0.1, 0.15) is 0 Å². The van der Waals surface area contributed by atoms with Crippen LogP contribution in [0.3, 0.4) is 0 Å². The van der Waals surface area contributed by atoms with Crippen LogP contribution in [-0.2, 0) is 0 Å². The van der Waals surface area contributed by atoms with E-state index in [1.54, 1.807) is 0 Å². The lowest BCUT2D eigenvalue weighted by Crippen LogP contribution is -1.80. The smallest absolute Gasteiger partial charge is 0.0695 e. The maximum atomic E-state index is 3.37. The van der Waals surface area contributed by atoms with Crippen molar-refractivity contribution in [2.24, 2.45) is 0 Å². The van der Waals surface area contributed by atoms with Gasteiger partial charge in [0.25, 0.3) is 0 Å². The Bertz CT molecular complexity index is 30.0. The molecule has 0 aliphatic rings. The number of alkyl halides is 2. The van der Waals surface area contributed by atoms with E-state index in [9.17, 15) is 0 Å². The highest BCUT2D eigenvalue weighted by Crippen LogP contribution is 2.12. The highest BCUT2D eigenvalue weighted by atomic mass is 79.9. The van der Waals surface area contributed by atoms with E-state index >= 15 is 0 Å². The molecule has 0 aliphatic heterocycles. The predicted octanol–water partition coefficient (Wildman–Crippen LogP) is 1.28. The summed E-state index contributed by atoms with van der Waals surface area (Å²) in [7, 11) is 1.33. The minimum atomic E-state index is 0.558. The first-order valence-electron chi connectivity index (χ1n) is 2.05. The van der Waals surface area contributed by atoms with E-state index in [0.717, 1.165) is 0 Å². The summed E-state index contributed by atoms with van der Waals surface area (Å²) in [5.74, 6) is 0. The third kappa shape index (κ3) is 5.18. The van der Waals surface area contributed by atoms with Crippen LogP contribution in [0.15, 0.2) is 0 Å². The van der Waals surface area contributed by atoms with Gasteiger partial charge in [-0.3, -0.25) is 0 Å². The average Bonchev–Trinajstić information content (AvgIpc) is 1.35. The van der Waals surface area contributed by atoms with Crippen LogP contribution in [0.4, 0.5) is 0 Å². The monoisotopic (exact) mass is 230 g/mol. The van der Waals surface area contributed by atoms with Gasteiger partial charge in [-0.2, -0.15) is 0 Å². The van der Waals surface area contributed by atoms with Crippen molar-refractivity contribution >= 4 is 42.1 Å². The van der Waals surface area contributed by atoms with Crippen molar-refractivity contribution < 1.29 is 0 Å². The number of halogens is 2. The van der Waals surface area contributed by atoms with E-state index in [0.29, 0.717) is 3.74 Å². The molecule has 0 aromatic rings. The second-order valence-electron chi connectivity index (χ2n) is 1.18. The summed E-state index contributed by atoms with van der Waals surface area (Å²) < 4.78 is 0.558.